The lowest BCUT2D eigenvalue weighted by molar-refractivity contribution is -0.00741. The van der Waals surface area contributed by atoms with Crippen molar-refractivity contribution in [2.75, 3.05) is 32.6 Å². The average Bonchev–Trinajstić information content (AvgIpc) is 2.41. The first-order chi connectivity index (χ1) is 8.74. The normalized spacial score (nSPS) is 25.1. The van der Waals surface area contributed by atoms with Crippen LogP contribution in [0.2, 0.25) is 0 Å². The standard InChI is InChI=1S/C14H23N3O/c1-11-6-8-17(10-13(11)18-3)9-12-5-4-7-16-14(12)15-2/h4-5,7,11,13H,6,8-10H2,1-3H3,(H,15,16). The summed E-state index contributed by atoms with van der Waals surface area (Å²) in [5, 5.41) is 3.15. The van der Waals surface area contributed by atoms with E-state index in [1.807, 2.05) is 26.4 Å². The monoisotopic (exact) mass is 249 g/mol. The van der Waals surface area contributed by atoms with Crippen molar-refractivity contribution in [3.63, 3.8) is 0 Å². The van der Waals surface area contributed by atoms with Gasteiger partial charge in [-0.25, -0.2) is 4.98 Å². The van der Waals surface area contributed by atoms with Crippen molar-refractivity contribution in [3.05, 3.63) is 23.9 Å². The van der Waals surface area contributed by atoms with E-state index in [1.165, 1.54) is 12.0 Å². The molecule has 1 N–H and O–H groups in total. The van der Waals surface area contributed by atoms with Crippen molar-refractivity contribution in [2.24, 2.45) is 5.92 Å². The number of ether oxygens (including phenoxy) is 1. The Kier molecular flexibility index (Phi) is 4.55. The lowest BCUT2D eigenvalue weighted by Crippen LogP contribution is -2.43. The Bertz CT molecular complexity index is 383. The molecule has 2 unspecified atom stereocenters. The van der Waals surface area contributed by atoms with Gasteiger partial charge in [-0.1, -0.05) is 13.0 Å². The second-order valence-electron chi connectivity index (χ2n) is 5.04. The fourth-order valence-corrected chi connectivity index (χ4v) is 2.58. The number of methoxy groups -OCH3 is 1. The minimum absolute atomic E-state index is 0.355. The fraction of sp³-hybridized carbons (Fsp3) is 0.643. The molecule has 0 aliphatic carbocycles. The molecule has 1 fully saturated rings. The van der Waals surface area contributed by atoms with Crippen molar-refractivity contribution in [1.82, 2.24) is 9.88 Å². The second kappa shape index (κ2) is 6.16. The van der Waals surface area contributed by atoms with E-state index in [-0.39, 0.29) is 0 Å². The Morgan fingerprint density at radius 3 is 3.11 bits per heavy atom. The molecule has 100 valence electrons. The second-order valence-corrected chi connectivity index (χ2v) is 5.04. The van der Waals surface area contributed by atoms with E-state index >= 15 is 0 Å². The molecule has 4 heteroatoms. The summed E-state index contributed by atoms with van der Waals surface area (Å²) < 4.78 is 5.55. The maximum absolute atomic E-state index is 5.55. The zero-order valence-electron chi connectivity index (χ0n) is 11.5. The van der Waals surface area contributed by atoms with E-state index in [4.69, 9.17) is 4.74 Å². The van der Waals surface area contributed by atoms with Gasteiger partial charge >= 0.3 is 0 Å². The molecule has 0 bridgehead atoms. The van der Waals surface area contributed by atoms with Gasteiger partial charge in [0, 0.05) is 39.0 Å². The molecule has 0 saturated carbocycles. The van der Waals surface area contributed by atoms with Gasteiger partial charge in [0.1, 0.15) is 5.82 Å². The van der Waals surface area contributed by atoms with Crippen molar-refractivity contribution in [1.29, 1.82) is 0 Å². The highest BCUT2D eigenvalue weighted by Gasteiger charge is 2.26. The van der Waals surface area contributed by atoms with Gasteiger partial charge in [-0.2, -0.15) is 0 Å². The predicted octanol–water partition coefficient (Wildman–Crippen LogP) is 1.98. The Morgan fingerprint density at radius 1 is 1.56 bits per heavy atom. The number of likely N-dealkylation sites (tertiary alicyclic amines) is 1. The molecule has 18 heavy (non-hydrogen) atoms. The molecule has 1 aliphatic rings. The molecule has 1 aliphatic heterocycles. The van der Waals surface area contributed by atoms with E-state index in [0.717, 1.165) is 25.5 Å². The average molecular weight is 249 g/mol. The summed E-state index contributed by atoms with van der Waals surface area (Å²) in [6.45, 7) is 5.36. The number of nitrogens with zero attached hydrogens (tertiary/aromatic N) is 2. The summed E-state index contributed by atoms with van der Waals surface area (Å²) in [5.74, 6) is 1.63. The van der Waals surface area contributed by atoms with Crippen LogP contribution >= 0.6 is 0 Å². The molecule has 4 nitrogen and oxygen atoms in total. The van der Waals surface area contributed by atoms with Crippen molar-refractivity contribution in [2.45, 2.75) is 26.0 Å². The van der Waals surface area contributed by atoms with E-state index in [0.29, 0.717) is 12.0 Å². The van der Waals surface area contributed by atoms with Gasteiger partial charge in [-0.05, 0) is 24.9 Å². The minimum Gasteiger partial charge on any atom is -0.380 e. The maximum Gasteiger partial charge on any atom is 0.130 e. The van der Waals surface area contributed by atoms with E-state index in [1.54, 1.807) is 0 Å². The van der Waals surface area contributed by atoms with Crippen LogP contribution in [0.15, 0.2) is 18.3 Å². The summed E-state index contributed by atoms with van der Waals surface area (Å²) in [7, 11) is 3.73. The van der Waals surface area contributed by atoms with Crippen LogP contribution < -0.4 is 5.32 Å². The first-order valence-electron chi connectivity index (χ1n) is 6.61. The summed E-state index contributed by atoms with van der Waals surface area (Å²) >= 11 is 0. The Hall–Kier alpha value is -1.13. The highest BCUT2D eigenvalue weighted by atomic mass is 16.5. The topological polar surface area (TPSA) is 37.4 Å². The number of aromatic nitrogens is 1. The highest BCUT2D eigenvalue weighted by molar-refractivity contribution is 5.42. The molecule has 0 radical (unpaired) electrons. The number of nitrogens with one attached hydrogen (secondary N) is 1. The van der Waals surface area contributed by atoms with Crippen LogP contribution in [0.3, 0.4) is 0 Å². The van der Waals surface area contributed by atoms with Crippen LogP contribution in [0, 0.1) is 5.92 Å². The predicted molar refractivity (Wildman–Crippen MR) is 73.6 cm³/mol. The molecule has 1 aromatic rings. The number of anilines is 1. The van der Waals surface area contributed by atoms with Gasteiger partial charge in [-0.3, -0.25) is 4.90 Å². The van der Waals surface area contributed by atoms with Crippen LogP contribution in [-0.2, 0) is 11.3 Å². The first kappa shape index (κ1) is 13.3. The lowest BCUT2D eigenvalue weighted by Gasteiger charge is -2.36. The molecule has 0 aromatic carbocycles. The third-order valence-electron chi connectivity index (χ3n) is 3.80. The number of pyridine rings is 1. The quantitative estimate of drug-likeness (QED) is 0.885. The maximum atomic E-state index is 5.55. The number of hydrogen-bond donors (Lipinski definition) is 1. The van der Waals surface area contributed by atoms with Crippen LogP contribution in [0.5, 0.6) is 0 Å². The first-order valence-corrected chi connectivity index (χ1v) is 6.61. The fourth-order valence-electron chi connectivity index (χ4n) is 2.58. The third-order valence-corrected chi connectivity index (χ3v) is 3.80. The van der Waals surface area contributed by atoms with Crippen molar-refractivity contribution in [3.8, 4) is 0 Å². The van der Waals surface area contributed by atoms with Gasteiger partial charge in [0.05, 0.1) is 6.10 Å². The summed E-state index contributed by atoms with van der Waals surface area (Å²) in [6.07, 6.45) is 3.38. The smallest absolute Gasteiger partial charge is 0.130 e. The van der Waals surface area contributed by atoms with Crippen LogP contribution in [0.4, 0.5) is 5.82 Å². The number of hydrogen-bond acceptors (Lipinski definition) is 4. The van der Waals surface area contributed by atoms with Gasteiger partial charge in [0.15, 0.2) is 0 Å². The summed E-state index contributed by atoms with van der Waals surface area (Å²) in [6, 6.07) is 4.13. The largest absolute Gasteiger partial charge is 0.380 e. The number of piperidine rings is 1. The Morgan fingerprint density at radius 2 is 2.39 bits per heavy atom. The van der Waals surface area contributed by atoms with Crippen LogP contribution in [-0.4, -0.2) is 43.2 Å². The van der Waals surface area contributed by atoms with E-state index in [9.17, 15) is 0 Å². The number of rotatable bonds is 4. The molecule has 1 saturated heterocycles. The van der Waals surface area contributed by atoms with Crippen molar-refractivity contribution >= 4 is 5.82 Å². The van der Waals surface area contributed by atoms with E-state index < -0.39 is 0 Å². The van der Waals surface area contributed by atoms with Crippen LogP contribution in [0.25, 0.3) is 0 Å². The zero-order valence-corrected chi connectivity index (χ0v) is 11.5. The van der Waals surface area contributed by atoms with Crippen LogP contribution in [0.1, 0.15) is 18.9 Å². The molecule has 2 heterocycles. The van der Waals surface area contributed by atoms with Gasteiger partial charge < -0.3 is 10.1 Å². The van der Waals surface area contributed by atoms with Gasteiger partial charge in [0.2, 0.25) is 0 Å². The van der Waals surface area contributed by atoms with Crippen molar-refractivity contribution < 1.29 is 4.74 Å². The van der Waals surface area contributed by atoms with Gasteiger partial charge in [-0.15, -0.1) is 0 Å². The molecule has 0 amide bonds. The zero-order chi connectivity index (χ0) is 13.0. The summed E-state index contributed by atoms with van der Waals surface area (Å²) in [5.41, 5.74) is 1.25. The minimum atomic E-state index is 0.355. The lowest BCUT2D eigenvalue weighted by atomic mass is 9.95. The highest BCUT2D eigenvalue weighted by Crippen LogP contribution is 2.22. The summed E-state index contributed by atoms with van der Waals surface area (Å²) in [4.78, 5) is 6.80. The Balaban J connectivity index is 2.01. The molecular weight excluding hydrogens is 226 g/mol. The molecule has 0 spiro atoms. The molecule has 2 rings (SSSR count). The Labute approximate surface area is 109 Å². The molecule has 2 atom stereocenters. The molecular formula is C14H23N3O. The molecule has 1 aromatic heterocycles. The van der Waals surface area contributed by atoms with E-state index in [2.05, 4.69) is 28.2 Å². The SMILES string of the molecule is CNc1ncccc1CN1CCC(C)C(OC)C1. The van der Waals surface area contributed by atoms with Gasteiger partial charge in [0.25, 0.3) is 0 Å². The third kappa shape index (κ3) is 3.00.